The first-order chi connectivity index (χ1) is 8.91. The summed E-state index contributed by atoms with van der Waals surface area (Å²) in [5.41, 5.74) is 0.914. The van der Waals surface area contributed by atoms with Crippen LogP contribution in [-0.2, 0) is 21.2 Å². The van der Waals surface area contributed by atoms with E-state index in [-0.39, 0.29) is 11.8 Å². The molecule has 1 aromatic carbocycles. The summed E-state index contributed by atoms with van der Waals surface area (Å²) in [5, 5.41) is 2.43. The Kier molecular flexibility index (Phi) is 3.94. The predicted octanol–water partition coefficient (Wildman–Crippen LogP) is 1.89. The van der Waals surface area contributed by atoms with E-state index in [2.05, 4.69) is 5.32 Å². The molecular weight excluding hydrogens is 262 g/mol. The summed E-state index contributed by atoms with van der Waals surface area (Å²) >= 11 is 0. The Morgan fingerprint density at radius 3 is 2.32 bits per heavy atom. The van der Waals surface area contributed by atoms with Gasteiger partial charge in [-0.15, -0.1) is 0 Å². The van der Waals surface area contributed by atoms with E-state index in [9.17, 15) is 13.2 Å². The van der Waals surface area contributed by atoms with Crippen LogP contribution in [0.4, 0.5) is 0 Å². The molecule has 0 heterocycles. The Bertz CT molecular complexity index is 557. The molecule has 1 aromatic rings. The minimum atomic E-state index is -3.22. The first-order valence-electron chi connectivity index (χ1n) is 6.52. The van der Waals surface area contributed by atoms with Crippen LogP contribution in [0.2, 0.25) is 0 Å². The molecule has 0 saturated heterocycles. The molecule has 1 amide bonds. The average Bonchev–Trinajstić information content (AvgIpc) is 3.20. The minimum absolute atomic E-state index is 0.0962. The zero-order valence-electron chi connectivity index (χ0n) is 11.2. The molecule has 0 bridgehead atoms. The van der Waals surface area contributed by atoms with Gasteiger partial charge in [0.05, 0.1) is 10.1 Å². The van der Waals surface area contributed by atoms with E-state index in [1.165, 1.54) is 0 Å². The number of hydrogen-bond acceptors (Lipinski definition) is 3. The van der Waals surface area contributed by atoms with Gasteiger partial charge in [-0.25, -0.2) is 8.42 Å². The van der Waals surface area contributed by atoms with Crippen LogP contribution < -0.4 is 5.32 Å². The molecule has 104 valence electrons. The summed E-state index contributed by atoms with van der Waals surface area (Å²) < 4.78 is 23.9. The lowest BCUT2D eigenvalue weighted by Gasteiger charge is -2.09. The van der Waals surface area contributed by atoms with Gasteiger partial charge < -0.3 is 5.32 Å². The normalized spacial score (nSPS) is 15.5. The molecule has 4 nitrogen and oxygen atoms in total. The molecule has 1 aliphatic carbocycles. The van der Waals surface area contributed by atoms with Crippen LogP contribution >= 0.6 is 0 Å². The number of sulfone groups is 1. The lowest BCUT2D eigenvalue weighted by Crippen LogP contribution is -2.24. The van der Waals surface area contributed by atoms with Crippen molar-refractivity contribution >= 4 is 15.7 Å². The fourth-order valence-electron chi connectivity index (χ4n) is 1.75. The fraction of sp³-hybridized carbons (Fsp3) is 0.500. The number of amides is 1. The minimum Gasteiger partial charge on any atom is -0.352 e. The number of benzene rings is 1. The number of nitrogens with one attached hydrogen (secondary N) is 1. The molecule has 0 aliphatic heterocycles. The standard InChI is InChI=1S/C14H19NO3S/c1-10(2)19(17,18)13-7-3-11(4-8-13)9-15-14(16)12-5-6-12/h3-4,7-8,10,12H,5-6,9H2,1-2H3,(H,15,16). The first-order valence-corrected chi connectivity index (χ1v) is 8.06. The molecule has 0 spiro atoms. The molecular formula is C14H19NO3S. The van der Waals surface area contributed by atoms with Crippen LogP contribution in [0.25, 0.3) is 0 Å². The number of rotatable bonds is 5. The molecule has 1 N–H and O–H groups in total. The van der Waals surface area contributed by atoms with E-state index < -0.39 is 15.1 Å². The van der Waals surface area contributed by atoms with Gasteiger partial charge in [-0.3, -0.25) is 4.79 Å². The van der Waals surface area contributed by atoms with E-state index in [1.807, 2.05) is 0 Å². The van der Waals surface area contributed by atoms with Gasteiger partial charge in [-0.05, 0) is 44.4 Å². The summed E-state index contributed by atoms with van der Waals surface area (Å²) in [5.74, 6) is 0.291. The van der Waals surface area contributed by atoms with E-state index in [4.69, 9.17) is 0 Å². The maximum absolute atomic E-state index is 11.9. The van der Waals surface area contributed by atoms with E-state index in [0.717, 1.165) is 18.4 Å². The van der Waals surface area contributed by atoms with Crippen LogP contribution in [0.5, 0.6) is 0 Å². The van der Waals surface area contributed by atoms with Gasteiger partial charge in [0.1, 0.15) is 0 Å². The van der Waals surface area contributed by atoms with Gasteiger partial charge in [0.15, 0.2) is 9.84 Å². The molecule has 1 fully saturated rings. The van der Waals surface area contributed by atoms with Crippen LogP contribution in [0.3, 0.4) is 0 Å². The van der Waals surface area contributed by atoms with Crippen molar-refractivity contribution in [1.29, 1.82) is 0 Å². The fourth-order valence-corrected chi connectivity index (χ4v) is 2.81. The molecule has 5 heteroatoms. The molecule has 0 aromatic heterocycles. The molecule has 0 atom stereocenters. The third-order valence-electron chi connectivity index (χ3n) is 3.29. The van der Waals surface area contributed by atoms with Crippen LogP contribution in [-0.4, -0.2) is 19.6 Å². The van der Waals surface area contributed by atoms with Crippen LogP contribution in [0.15, 0.2) is 29.2 Å². The van der Waals surface area contributed by atoms with E-state index in [1.54, 1.807) is 38.1 Å². The van der Waals surface area contributed by atoms with Crippen molar-refractivity contribution in [3.05, 3.63) is 29.8 Å². The molecule has 0 unspecified atom stereocenters. The second kappa shape index (κ2) is 5.33. The SMILES string of the molecule is CC(C)S(=O)(=O)c1ccc(CNC(=O)C2CC2)cc1. The maximum Gasteiger partial charge on any atom is 0.223 e. The highest BCUT2D eigenvalue weighted by Crippen LogP contribution is 2.28. The van der Waals surface area contributed by atoms with Gasteiger partial charge >= 0.3 is 0 Å². The van der Waals surface area contributed by atoms with Crippen molar-refractivity contribution < 1.29 is 13.2 Å². The highest BCUT2D eigenvalue weighted by atomic mass is 32.2. The van der Waals surface area contributed by atoms with Gasteiger partial charge in [0.25, 0.3) is 0 Å². The molecule has 19 heavy (non-hydrogen) atoms. The van der Waals surface area contributed by atoms with Gasteiger partial charge in [-0.2, -0.15) is 0 Å². The average molecular weight is 281 g/mol. The largest absolute Gasteiger partial charge is 0.352 e. The van der Waals surface area contributed by atoms with Crippen LogP contribution in [0, 0.1) is 5.92 Å². The Labute approximate surface area is 114 Å². The summed E-state index contributed by atoms with van der Waals surface area (Å²) in [4.78, 5) is 11.8. The third-order valence-corrected chi connectivity index (χ3v) is 5.46. The van der Waals surface area contributed by atoms with Crippen molar-refractivity contribution in [2.24, 2.45) is 5.92 Å². The highest BCUT2D eigenvalue weighted by molar-refractivity contribution is 7.92. The summed E-state index contributed by atoms with van der Waals surface area (Å²) in [6.07, 6.45) is 1.97. The Hall–Kier alpha value is -1.36. The molecule has 1 saturated carbocycles. The van der Waals surface area contributed by atoms with Crippen molar-refractivity contribution in [1.82, 2.24) is 5.32 Å². The quantitative estimate of drug-likeness (QED) is 0.896. The number of carbonyl (C=O) groups excluding carboxylic acids is 1. The Morgan fingerprint density at radius 1 is 1.26 bits per heavy atom. The molecule has 2 rings (SSSR count). The lowest BCUT2D eigenvalue weighted by atomic mass is 10.2. The first kappa shape index (κ1) is 14.1. The second-order valence-electron chi connectivity index (χ2n) is 5.23. The van der Waals surface area contributed by atoms with Crippen molar-refractivity contribution in [2.75, 3.05) is 0 Å². The summed E-state index contributed by atoms with van der Waals surface area (Å²) in [6, 6.07) is 6.72. The maximum atomic E-state index is 11.9. The predicted molar refractivity (Wildman–Crippen MR) is 73.3 cm³/mol. The summed E-state index contributed by atoms with van der Waals surface area (Å²) in [7, 11) is -3.22. The van der Waals surface area contributed by atoms with Crippen LogP contribution in [0.1, 0.15) is 32.3 Å². The van der Waals surface area contributed by atoms with Gasteiger partial charge in [0, 0.05) is 12.5 Å². The van der Waals surface area contributed by atoms with Crippen molar-refractivity contribution in [3.8, 4) is 0 Å². The Balaban J connectivity index is 2.00. The smallest absolute Gasteiger partial charge is 0.223 e. The third kappa shape index (κ3) is 3.35. The monoisotopic (exact) mass is 281 g/mol. The van der Waals surface area contributed by atoms with E-state index >= 15 is 0 Å². The van der Waals surface area contributed by atoms with Gasteiger partial charge in [0.2, 0.25) is 5.91 Å². The molecule has 1 aliphatic rings. The molecule has 0 radical (unpaired) electrons. The zero-order valence-corrected chi connectivity index (χ0v) is 12.0. The number of carbonyl (C=O) groups is 1. The van der Waals surface area contributed by atoms with E-state index in [0.29, 0.717) is 11.4 Å². The lowest BCUT2D eigenvalue weighted by molar-refractivity contribution is -0.122. The topological polar surface area (TPSA) is 63.2 Å². The Morgan fingerprint density at radius 2 is 1.84 bits per heavy atom. The van der Waals surface area contributed by atoms with Crippen molar-refractivity contribution in [2.45, 2.75) is 43.4 Å². The zero-order chi connectivity index (χ0) is 14.0. The summed E-state index contributed by atoms with van der Waals surface area (Å²) in [6.45, 7) is 3.79. The second-order valence-corrected chi connectivity index (χ2v) is 7.73. The highest BCUT2D eigenvalue weighted by Gasteiger charge is 2.29. The number of hydrogen-bond donors (Lipinski definition) is 1. The van der Waals surface area contributed by atoms with Gasteiger partial charge in [-0.1, -0.05) is 12.1 Å². The van der Waals surface area contributed by atoms with Crippen molar-refractivity contribution in [3.63, 3.8) is 0 Å².